The SMILES string of the molecule is CCOc1ccc(Nc2nc(C)cc(Nc3ccccc3CC)n2)cc1. The van der Waals surface area contributed by atoms with Crippen molar-refractivity contribution in [2.75, 3.05) is 17.2 Å². The first-order valence-corrected chi connectivity index (χ1v) is 8.88. The number of rotatable bonds is 7. The molecule has 5 heteroatoms. The van der Waals surface area contributed by atoms with Crippen LogP contribution in [0.1, 0.15) is 25.1 Å². The van der Waals surface area contributed by atoms with E-state index >= 15 is 0 Å². The van der Waals surface area contributed by atoms with Gasteiger partial charge < -0.3 is 15.4 Å². The van der Waals surface area contributed by atoms with Crippen LogP contribution in [-0.4, -0.2) is 16.6 Å². The molecule has 3 aromatic rings. The highest BCUT2D eigenvalue weighted by Gasteiger charge is 2.06. The van der Waals surface area contributed by atoms with E-state index in [1.807, 2.05) is 56.3 Å². The number of hydrogen-bond donors (Lipinski definition) is 2. The van der Waals surface area contributed by atoms with Gasteiger partial charge in [0.1, 0.15) is 11.6 Å². The van der Waals surface area contributed by atoms with Crippen molar-refractivity contribution < 1.29 is 4.74 Å². The molecule has 0 aliphatic heterocycles. The molecule has 1 aromatic heterocycles. The molecule has 3 rings (SSSR count). The lowest BCUT2D eigenvalue weighted by atomic mass is 10.1. The maximum Gasteiger partial charge on any atom is 0.229 e. The molecule has 0 saturated carbocycles. The number of benzene rings is 2. The van der Waals surface area contributed by atoms with Crippen molar-refractivity contribution in [3.8, 4) is 5.75 Å². The molecule has 0 aliphatic carbocycles. The van der Waals surface area contributed by atoms with Gasteiger partial charge in [0.25, 0.3) is 0 Å². The lowest BCUT2D eigenvalue weighted by Crippen LogP contribution is -2.03. The smallest absolute Gasteiger partial charge is 0.229 e. The van der Waals surface area contributed by atoms with Crippen LogP contribution in [0.25, 0.3) is 0 Å². The molecular weight excluding hydrogens is 324 g/mol. The van der Waals surface area contributed by atoms with E-state index in [0.717, 1.165) is 35.1 Å². The predicted octanol–water partition coefficient (Wildman–Crippen LogP) is 5.23. The second-order valence-electron chi connectivity index (χ2n) is 5.94. The van der Waals surface area contributed by atoms with Crippen molar-refractivity contribution >= 4 is 23.1 Å². The van der Waals surface area contributed by atoms with Gasteiger partial charge in [-0.15, -0.1) is 0 Å². The van der Waals surface area contributed by atoms with Crippen molar-refractivity contribution in [3.05, 3.63) is 65.9 Å². The molecule has 0 aliphatic rings. The van der Waals surface area contributed by atoms with E-state index in [0.29, 0.717) is 12.6 Å². The number of aryl methyl sites for hydroxylation is 2. The molecule has 0 atom stereocenters. The normalized spacial score (nSPS) is 10.4. The molecule has 26 heavy (non-hydrogen) atoms. The Morgan fingerprint density at radius 3 is 2.42 bits per heavy atom. The minimum Gasteiger partial charge on any atom is -0.494 e. The van der Waals surface area contributed by atoms with Gasteiger partial charge in [0, 0.05) is 23.1 Å². The lowest BCUT2D eigenvalue weighted by molar-refractivity contribution is 0.340. The highest BCUT2D eigenvalue weighted by Crippen LogP contribution is 2.23. The van der Waals surface area contributed by atoms with Gasteiger partial charge in [0.2, 0.25) is 5.95 Å². The maximum absolute atomic E-state index is 5.47. The van der Waals surface area contributed by atoms with Gasteiger partial charge in [-0.1, -0.05) is 25.1 Å². The predicted molar refractivity (Wildman–Crippen MR) is 107 cm³/mol. The Morgan fingerprint density at radius 1 is 0.923 bits per heavy atom. The zero-order valence-electron chi connectivity index (χ0n) is 15.4. The number of nitrogens with one attached hydrogen (secondary N) is 2. The molecule has 0 amide bonds. The van der Waals surface area contributed by atoms with Crippen LogP contribution in [-0.2, 0) is 6.42 Å². The summed E-state index contributed by atoms with van der Waals surface area (Å²) in [6.07, 6.45) is 0.963. The molecule has 0 radical (unpaired) electrons. The van der Waals surface area contributed by atoms with Crippen molar-refractivity contribution in [2.45, 2.75) is 27.2 Å². The average Bonchev–Trinajstić information content (AvgIpc) is 2.63. The second kappa shape index (κ2) is 8.34. The Kier molecular flexibility index (Phi) is 5.69. The molecule has 1 heterocycles. The minimum atomic E-state index is 0.561. The first kappa shape index (κ1) is 17.7. The largest absolute Gasteiger partial charge is 0.494 e. The molecule has 2 aromatic carbocycles. The number of ether oxygens (including phenoxy) is 1. The number of aromatic nitrogens is 2. The van der Waals surface area contributed by atoms with Gasteiger partial charge in [-0.2, -0.15) is 4.98 Å². The molecule has 0 saturated heterocycles. The third-order valence-electron chi connectivity index (χ3n) is 3.94. The summed E-state index contributed by atoms with van der Waals surface area (Å²) in [4.78, 5) is 9.07. The fraction of sp³-hybridized carbons (Fsp3) is 0.238. The quantitative estimate of drug-likeness (QED) is 0.612. The fourth-order valence-corrected chi connectivity index (χ4v) is 2.71. The van der Waals surface area contributed by atoms with E-state index in [9.17, 15) is 0 Å². The number of para-hydroxylation sites is 1. The number of anilines is 4. The van der Waals surface area contributed by atoms with Gasteiger partial charge in [-0.05, 0) is 56.2 Å². The van der Waals surface area contributed by atoms with Crippen molar-refractivity contribution in [3.63, 3.8) is 0 Å². The lowest BCUT2D eigenvalue weighted by Gasteiger charge is -2.12. The summed E-state index contributed by atoms with van der Waals surface area (Å²) in [5, 5.41) is 6.66. The molecule has 0 unspecified atom stereocenters. The van der Waals surface area contributed by atoms with E-state index in [1.54, 1.807) is 0 Å². The summed E-state index contributed by atoms with van der Waals surface area (Å²) in [7, 11) is 0. The van der Waals surface area contributed by atoms with Crippen molar-refractivity contribution in [1.29, 1.82) is 0 Å². The Bertz CT molecular complexity index is 862. The number of hydrogen-bond acceptors (Lipinski definition) is 5. The van der Waals surface area contributed by atoms with E-state index in [2.05, 4.69) is 39.7 Å². The zero-order chi connectivity index (χ0) is 18.4. The van der Waals surface area contributed by atoms with Crippen molar-refractivity contribution in [2.24, 2.45) is 0 Å². The van der Waals surface area contributed by atoms with E-state index in [-0.39, 0.29) is 0 Å². The van der Waals surface area contributed by atoms with Gasteiger partial charge >= 0.3 is 0 Å². The Hall–Kier alpha value is -3.08. The summed E-state index contributed by atoms with van der Waals surface area (Å²) < 4.78 is 5.47. The van der Waals surface area contributed by atoms with Crippen molar-refractivity contribution in [1.82, 2.24) is 9.97 Å². The van der Waals surface area contributed by atoms with Gasteiger partial charge in [-0.3, -0.25) is 0 Å². The first-order chi connectivity index (χ1) is 12.7. The van der Waals surface area contributed by atoms with E-state index in [1.165, 1.54) is 5.56 Å². The van der Waals surface area contributed by atoms with Gasteiger partial charge in [0.05, 0.1) is 6.61 Å². The van der Waals surface area contributed by atoms with Crippen LogP contribution in [0.5, 0.6) is 5.75 Å². The highest BCUT2D eigenvalue weighted by molar-refractivity contribution is 5.63. The zero-order valence-corrected chi connectivity index (χ0v) is 15.4. The molecule has 2 N–H and O–H groups in total. The maximum atomic E-state index is 5.47. The molecule has 0 bridgehead atoms. The summed E-state index contributed by atoms with van der Waals surface area (Å²) in [5.41, 5.74) is 4.13. The topological polar surface area (TPSA) is 59.1 Å². The summed E-state index contributed by atoms with van der Waals surface area (Å²) in [6, 6.07) is 18.0. The third-order valence-corrected chi connectivity index (χ3v) is 3.94. The Morgan fingerprint density at radius 2 is 1.69 bits per heavy atom. The van der Waals surface area contributed by atoms with Crippen LogP contribution in [0, 0.1) is 6.92 Å². The fourth-order valence-electron chi connectivity index (χ4n) is 2.71. The number of nitrogens with zero attached hydrogens (tertiary/aromatic N) is 2. The Balaban J connectivity index is 1.79. The Labute approximate surface area is 154 Å². The first-order valence-electron chi connectivity index (χ1n) is 8.88. The molecule has 5 nitrogen and oxygen atoms in total. The second-order valence-corrected chi connectivity index (χ2v) is 5.94. The highest BCUT2D eigenvalue weighted by atomic mass is 16.5. The van der Waals surface area contributed by atoms with Crippen LogP contribution in [0.3, 0.4) is 0 Å². The van der Waals surface area contributed by atoms with Crippen LogP contribution < -0.4 is 15.4 Å². The summed E-state index contributed by atoms with van der Waals surface area (Å²) >= 11 is 0. The van der Waals surface area contributed by atoms with Gasteiger partial charge in [-0.25, -0.2) is 4.98 Å². The molecule has 0 spiro atoms. The minimum absolute atomic E-state index is 0.561. The van der Waals surface area contributed by atoms with E-state index < -0.39 is 0 Å². The third kappa shape index (κ3) is 4.51. The molecule has 134 valence electrons. The van der Waals surface area contributed by atoms with Crippen LogP contribution in [0.2, 0.25) is 0 Å². The van der Waals surface area contributed by atoms with Crippen LogP contribution >= 0.6 is 0 Å². The molecule has 0 fully saturated rings. The van der Waals surface area contributed by atoms with Crippen LogP contribution in [0.15, 0.2) is 54.6 Å². The van der Waals surface area contributed by atoms with E-state index in [4.69, 9.17) is 4.74 Å². The van der Waals surface area contributed by atoms with Gasteiger partial charge in [0.15, 0.2) is 0 Å². The van der Waals surface area contributed by atoms with Crippen LogP contribution in [0.4, 0.5) is 23.1 Å². The summed E-state index contributed by atoms with van der Waals surface area (Å²) in [6.45, 7) is 6.73. The standard InChI is InChI=1S/C21H24N4O/c1-4-16-8-6-7-9-19(16)24-20-14-15(3)22-21(25-20)23-17-10-12-18(13-11-17)26-5-2/h6-14H,4-5H2,1-3H3,(H2,22,23,24,25). The summed E-state index contributed by atoms with van der Waals surface area (Å²) in [5.74, 6) is 2.18. The molecular formula is C21H24N4O. The average molecular weight is 348 g/mol. The monoisotopic (exact) mass is 348 g/mol.